The Morgan fingerprint density at radius 1 is 1.16 bits per heavy atom. The summed E-state index contributed by atoms with van der Waals surface area (Å²) in [4.78, 5) is 5.73. The van der Waals surface area contributed by atoms with Crippen molar-refractivity contribution in [2.75, 3.05) is 17.6 Å². The molecule has 0 saturated carbocycles. The summed E-state index contributed by atoms with van der Waals surface area (Å²) in [7, 11) is 0. The Labute approximate surface area is 116 Å². The monoisotopic (exact) mass is 269 g/mol. The van der Waals surface area contributed by atoms with Gasteiger partial charge in [-0.25, -0.2) is 0 Å². The Hall–Kier alpha value is -2.07. The van der Waals surface area contributed by atoms with Crippen LogP contribution in [0.5, 0.6) is 0 Å². The van der Waals surface area contributed by atoms with Crippen molar-refractivity contribution in [3.05, 3.63) is 52.9 Å². The number of para-hydroxylation sites is 1. The highest BCUT2D eigenvalue weighted by Crippen LogP contribution is 2.25. The first-order valence-corrected chi connectivity index (χ1v) is 7.12. The van der Waals surface area contributed by atoms with Gasteiger partial charge in [-0.1, -0.05) is 18.2 Å². The van der Waals surface area contributed by atoms with E-state index in [1.165, 1.54) is 4.88 Å². The van der Waals surface area contributed by atoms with Crippen LogP contribution in [0.4, 0.5) is 11.4 Å². The van der Waals surface area contributed by atoms with E-state index in [-0.39, 0.29) is 0 Å². The van der Waals surface area contributed by atoms with Crippen molar-refractivity contribution < 1.29 is 0 Å². The van der Waals surface area contributed by atoms with Crippen LogP contribution in [0.25, 0.3) is 10.9 Å². The van der Waals surface area contributed by atoms with Gasteiger partial charge in [0.2, 0.25) is 0 Å². The van der Waals surface area contributed by atoms with Crippen LogP contribution in [0.3, 0.4) is 0 Å². The number of pyridine rings is 1. The molecule has 0 unspecified atom stereocenters. The van der Waals surface area contributed by atoms with Gasteiger partial charge in [0.1, 0.15) is 0 Å². The number of fused-ring (bicyclic) bond motifs is 1. The molecule has 0 aliphatic heterocycles. The number of hydrogen-bond donors (Lipinski definition) is 2. The fourth-order valence-corrected chi connectivity index (χ4v) is 2.84. The minimum atomic E-state index is 0.722. The quantitative estimate of drug-likeness (QED) is 0.712. The molecule has 2 heterocycles. The molecule has 3 nitrogen and oxygen atoms in total. The normalized spacial score (nSPS) is 10.7. The lowest BCUT2D eigenvalue weighted by Gasteiger charge is -2.09. The second-order valence-electron chi connectivity index (χ2n) is 4.36. The van der Waals surface area contributed by atoms with Crippen LogP contribution in [0, 0.1) is 0 Å². The average molecular weight is 269 g/mol. The number of hydrogen-bond acceptors (Lipinski definition) is 4. The van der Waals surface area contributed by atoms with Crippen LogP contribution >= 0.6 is 11.3 Å². The molecule has 0 radical (unpaired) electrons. The highest BCUT2D eigenvalue weighted by molar-refractivity contribution is 7.09. The van der Waals surface area contributed by atoms with Crippen LogP contribution in [0.15, 0.2) is 48.0 Å². The summed E-state index contributed by atoms with van der Waals surface area (Å²) in [6, 6.07) is 12.1. The molecular formula is C15H15N3S. The lowest BCUT2D eigenvalue weighted by molar-refractivity contribution is 1.05. The maximum atomic E-state index is 5.94. The zero-order valence-corrected chi connectivity index (χ0v) is 11.3. The van der Waals surface area contributed by atoms with Gasteiger partial charge >= 0.3 is 0 Å². The zero-order valence-electron chi connectivity index (χ0n) is 10.5. The highest BCUT2D eigenvalue weighted by atomic mass is 32.1. The standard InChI is InChI=1S/C15H15N3S/c16-13-5-1-4-12-14(7-9-18-15(12)13)17-8-6-11-3-2-10-19-11/h1-5,7,9-10H,6,8,16H2,(H,17,18). The number of nitrogens with two attached hydrogens (primary N) is 1. The number of nitrogens with zero attached hydrogens (tertiary/aromatic N) is 1. The van der Waals surface area contributed by atoms with Crippen molar-refractivity contribution in [2.24, 2.45) is 0 Å². The smallest absolute Gasteiger partial charge is 0.0951 e. The van der Waals surface area contributed by atoms with Crippen LogP contribution in [0.2, 0.25) is 0 Å². The van der Waals surface area contributed by atoms with Gasteiger partial charge in [-0.3, -0.25) is 4.98 Å². The van der Waals surface area contributed by atoms with E-state index in [4.69, 9.17) is 5.73 Å². The molecule has 4 heteroatoms. The maximum absolute atomic E-state index is 5.94. The predicted octanol–water partition coefficient (Wildman–Crippen LogP) is 3.53. The van der Waals surface area contributed by atoms with Crippen molar-refractivity contribution >= 4 is 33.6 Å². The van der Waals surface area contributed by atoms with E-state index in [0.29, 0.717) is 0 Å². The molecule has 3 rings (SSSR count). The van der Waals surface area contributed by atoms with Crippen molar-refractivity contribution in [3.8, 4) is 0 Å². The third-order valence-electron chi connectivity index (χ3n) is 3.07. The summed E-state index contributed by atoms with van der Waals surface area (Å²) in [5.41, 5.74) is 8.62. The van der Waals surface area contributed by atoms with Gasteiger partial charge < -0.3 is 11.1 Å². The Balaban J connectivity index is 1.79. The van der Waals surface area contributed by atoms with Crippen molar-refractivity contribution in [3.63, 3.8) is 0 Å². The number of thiophene rings is 1. The van der Waals surface area contributed by atoms with E-state index in [1.807, 2.05) is 24.3 Å². The number of aromatic nitrogens is 1. The van der Waals surface area contributed by atoms with Gasteiger partial charge in [-0.15, -0.1) is 11.3 Å². The van der Waals surface area contributed by atoms with Gasteiger partial charge in [0, 0.05) is 28.7 Å². The largest absolute Gasteiger partial charge is 0.397 e. The van der Waals surface area contributed by atoms with Gasteiger partial charge in [0.15, 0.2) is 0 Å². The fourth-order valence-electron chi connectivity index (χ4n) is 2.13. The molecule has 0 bridgehead atoms. The number of rotatable bonds is 4. The first-order valence-electron chi connectivity index (χ1n) is 6.24. The second-order valence-corrected chi connectivity index (χ2v) is 5.39. The molecule has 0 saturated heterocycles. The van der Waals surface area contributed by atoms with E-state index in [9.17, 15) is 0 Å². The molecule has 0 atom stereocenters. The second kappa shape index (κ2) is 5.28. The molecule has 0 aliphatic carbocycles. The highest BCUT2D eigenvalue weighted by Gasteiger charge is 2.03. The molecule has 1 aromatic carbocycles. The third-order valence-corrected chi connectivity index (χ3v) is 4.01. The number of nitrogen functional groups attached to an aromatic ring is 1. The molecule has 3 aromatic rings. The van der Waals surface area contributed by atoms with Crippen LogP contribution in [-0.2, 0) is 6.42 Å². The summed E-state index contributed by atoms with van der Waals surface area (Å²) in [5.74, 6) is 0. The van der Waals surface area contributed by atoms with E-state index in [2.05, 4.69) is 27.8 Å². The van der Waals surface area contributed by atoms with Crippen LogP contribution in [-0.4, -0.2) is 11.5 Å². The lowest BCUT2D eigenvalue weighted by atomic mass is 10.1. The SMILES string of the molecule is Nc1cccc2c(NCCc3cccs3)ccnc12. The van der Waals surface area contributed by atoms with Crippen molar-refractivity contribution in [2.45, 2.75) is 6.42 Å². The molecule has 0 amide bonds. The number of nitrogens with one attached hydrogen (secondary N) is 1. The van der Waals surface area contributed by atoms with E-state index < -0.39 is 0 Å². The van der Waals surface area contributed by atoms with E-state index in [0.717, 1.165) is 35.2 Å². The maximum Gasteiger partial charge on any atom is 0.0951 e. The third kappa shape index (κ3) is 2.53. The number of benzene rings is 1. The van der Waals surface area contributed by atoms with Gasteiger partial charge in [0.05, 0.1) is 11.2 Å². The summed E-state index contributed by atoms with van der Waals surface area (Å²) in [6.07, 6.45) is 2.83. The molecule has 0 fully saturated rings. The minimum Gasteiger partial charge on any atom is -0.397 e. The van der Waals surface area contributed by atoms with Gasteiger partial charge in [0.25, 0.3) is 0 Å². The first kappa shape index (κ1) is 12.0. The van der Waals surface area contributed by atoms with Crippen LogP contribution < -0.4 is 11.1 Å². The average Bonchev–Trinajstić information content (AvgIpc) is 2.93. The van der Waals surface area contributed by atoms with Crippen molar-refractivity contribution in [1.82, 2.24) is 4.98 Å². The van der Waals surface area contributed by atoms with Gasteiger partial charge in [-0.05, 0) is 30.0 Å². The summed E-state index contributed by atoms with van der Waals surface area (Å²) in [5, 5.41) is 6.65. The predicted molar refractivity (Wildman–Crippen MR) is 82.7 cm³/mol. The first-order chi connectivity index (χ1) is 9.34. The molecule has 3 N–H and O–H groups in total. The molecule has 0 spiro atoms. The molecule has 0 aliphatic rings. The minimum absolute atomic E-state index is 0.722. The van der Waals surface area contributed by atoms with Crippen molar-refractivity contribution in [1.29, 1.82) is 0 Å². The fraction of sp³-hybridized carbons (Fsp3) is 0.133. The zero-order chi connectivity index (χ0) is 13.1. The molecule has 2 aromatic heterocycles. The molecular weight excluding hydrogens is 254 g/mol. The summed E-state index contributed by atoms with van der Waals surface area (Å²) >= 11 is 1.79. The Morgan fingerprint density at radius 2 is 2.11 bits per heavy atom. The topological polar surface area (TPSA) is 50.9 Å². The lowest BCUT2D eigenvalue weighted by Crippen LogP contribution is -2.04. The molecule has 19 heavy (non-hydrogen) atoms. The Kier molecular flexibility index (Phi) is 3.33. The number of anilines is 2. The van der Waals surface area contributed by atoms with Crippen LogP contribution in [0.1, 0.15) is 4.88 Å². The summed E-state index contributed by atoms with van der Waals surface area (Å²) in [6.45, 7) is 0.911. The van der Waals surface area contributed by atoms with Gasteiger partial charge in [-0.2, -0.15) is 0 Å². The van der Waals surface area contributed by atoms with E-state index >= 15 is 0 Å². The Bertz CT molecular complexity index is 677. The summed E-state index contributed by atoms with van der Waals surface area (Å²) < 4.78 is 0. The molecule has 96 valence electrons. The van der Waals surface area contributed by atoms with E-state index in [1.54, 1.807) is 17.5 Å². The Morgan fingerprint density at radius 3 is 2.95 bits per heavy atom.